The van der Waals surface area contributed by atoms with E-state index in [1.807, 2.05) is 31.2 Å². The van der Waals surface area contributed by atoms with Crippen molar-refractivity contribution in [3.63, 3.8) is 0 Å². The maximum atomic E-state index is 12.7. The van der Waals surface area contributed by atoms with Gasteiger partial charge in [0.15, 0.2) is 0 Å². The van der Waals surface area contributed by atoms with E-state index in [9.17, 15) is 9.18 Å². The number of amides is 1. The minimum atomic E-state index is -0.326. The first-order valence-electron chi connectivity index (χ1n) is 5.95. The van der Waals surface area contributed by atoms with Gasteiger partial charge in [-0.25, -0.2) is 4.39 Å². The van der Waals surface area contributed by atoms with Crippen LogP contribution in [0.2, 0.25) is 0 Å². The Morgan fingerprint density at radius 1 is 1.05 bits per heavy atom. The minimum absolute atomic E-state index is 0.243. The molecule has 0 aliphatic heterocycles. The number of hydrogen-bond acceptors (Lipinski definition) is 1. The molecule has 0 saturated heterocycles. The van der Waals surface area contributed by atoms with E-state index in [0.717, 1.165) is 5.56 Å². The molecular formula is C16H14FNO. The van der Waals surface area contributed by atoms with Crippen molar-refractivity contribution < 1.29 is 9.18 Å². The zero-order chi connectivity index (χ0) is 13.7. The lowest BCUT2D eigenvalue weighted by atomic mass is 10.1. The van der Waals surface area contributed by atoms with Gasteiger partial charge in [-0.3, -0.25) is 4.79 Å². The third-order valence-corrected chi connectivity index (χ3v) is 2.62. The van der Waals surface area contributed by atoms with Gasteiger partial charge in [-0.15, -0.1) is 0 Å². The molecule has 1 amide bonds. The van der Waals surface area contributed by atoms with Crippen LogP contribution < -0.4 is 5.32 Å². The Kier molecular flexibility index (Phi) is 4.08. The average Bonchev–Trinajstić information content (AvgIpc) is 2.41. The van der Waals surface area contributed by atoms with Crippen LogP contribution in [0, 0.1) is 12.7 Å². The molecule has 1 N–H and O–H groups in total. The molecule has 0 atom stereocenters. The van der Waals surface area contributed by atoms with Gasteiger partial charge in [0.25, 0.3) is 0 Å². The lowest BCUT2D eigenvalue weighted by Crippen LogP contribution is -2.07. The van der Waals surface area contributed by atoms with Crippen molar-refractivity contribution in [1.29, 1.82) is 0 Å². The maximum Gasteiger partial charge on any atom is 0.248 e. The largest absolute Gasteiger partial charge is 0.323 e. The van der Waals surface area contributed by atoms with E-state index in [2.05, 4.69) is 5.32 Å². The number of anilines is 1. The van der Waals surface area contributed by atoms with Gasteiger partial charge < -0.3 is 5.32 Å². The van der Waals surface area contributed by atoms with E-state index >= 15 is 0 Å². The van der Waals surface area contributed by atoms with Crippen molar-refractivity contribution in [2.75, 3.05) is 5.32 Å². The van der Waals surface area contributed by atoms with E-state index in [-0.39, 0.29) is 11.7 Å². The summed E-state index contributed by atoms with van der Waals surface area (Å²) in [5.74, 6) is -0.569. The van der Waals surface area contributed by atoms with Gasteiger partial charge in [0, 0.05) is 11.8 Å². The zero-order valence-corrected chi connectivity index (χ0v) is 10.6. The van der Waals surface area contributed by atoms with Gasteiger partial charge in [-0.2, -0.15) is 0 Å². The summed E-state index contributed by atoms with van der Waals surface area (Å²) in [5, 5.41) is 2.66. The van der Waals surface area contributed by atoms with Crippen molar-refractivity contribution in [1.82, 2.24) is 0 Å². The standard InChI is InChI=1S/C16H14FNO/c1-12-2-4-13(5-3-12)6-11-16(19)18-15-9-7-14(17)8-10-15/h2-11H,1H3,(H,18,19)/b11-6+. The molecule has 0 aliphatic rings. The Morgan fingerprint density at radius 3 is 2.32 bits per heavy atom. The fourth-order valence-electron chi connectivity index (χ4n) is 1.57. The number of hydrogen-bond donors (Lipinski definition) is 1. The van der Waals surface area contributed by atoms with Crippen LogP contribution >= 0.6 is 0 Å². The fraction of sp³-hybridized carbons (Fsp3) is 0.0625. The second-order valence-corrected chi connectivity index (χ2v) is 4.24. The zero-order valence-electron chi connectivity index (χ0n) is 10.6. The second kappa shape index (κ2) is 5.96. The van der Waals surface area contributed by atoms with E-state index in [0.29, 0.717) is 5.69 Å². The molecule has 0 saturated carbocycles. The highest BCUT2D eigenvalue weighted by atomic mass is 19.1. The Balaban J connectivity index is 1.97. The van der Waals surface area contributed by atoms with Crippen LogP contribution in [0.3, 0.4) is 0 Å². The first-order chi connectivity index (χ1) is 9.13. The van der Waals surface area contributed by atoms with Crippen molar-refractivity contribution in [3.05, 3.63) is 71.6 Å². The Labute approximate surface area is 111 Å². The van der Waals surface area contributed by atoms with Crippen molar-refractivity contribution in [3.8, 4) is 0 Å². The van der Waals surface area contributed by atoms with Crippen molar-refractivity contribution >= 4 is 17.7 Å². The first-order valence-corrected chi connectivity index (χ1v) is 5.95. The highest BCUT2D eigenvalue weighted by molar-refractivity contribution is 6.01. The normalized spacial score (nSPS) is 10.6. The van der Waals surface area contributed by atoms with Gasteiger partial charge in [0.05, 0.1) is 0 Å². The average molecular weight is 255 g/mol. The first kappa shape index (κ1) is 13.0. The van der Waals surface area contributed by atoms with Crippen molar-refractivity contribution in [2.24, 2.45) is 0 Å². The summed E-state index contributed by atoms with van der Waals surface area (Å²) in [4.78, 5) is 11.6. The van der Waals surface area contributed by atoms with Gasteiger partial charge in [0.2, 0.25) is 5.91 Å². The molecule has 3 heteroatoms. The molecule has 2 nitrogen and oxygen atoms in total. The smallest absolute Gasteiger partial charge is 0.248 e. The van der Waals surface area contributed by atoms with Crippen molar-refractivity contribution in [2.45, 2.75) is 6.92 Å². The lowest BCUT2D eigenvalue weighted by Gasteiger charge is -2.01. The summed E-state index contributed by atoms with van der Waals surface area (Å²) in [5.41, 5.74) is 2.70. The van der Waals surface area contributed by atoms with Crippen LogP contribution in [0.25, 0.3) is 6.08 Å². The molecule has 2 rings (SSSR count). The van der Waals surface area contributed by atoms with E-state index in [1.54, 1.807) is 6.08 Å². The fourth-order valence-corrected chi connectivity index (χ4v) is 1.57. The van der Waals surface area contributed by atoms with Crippen LogP contribution in [0.4, 0.5) is 10.1 Å². The molecule has 0 fully saturated rings. The second-order valence-electron chi connectivity index (χ2n) is 4.24. The molecule has 96 valence electrons. The number of benzene rings is 2. The monoisotopic (exact) mass is 255 g/mol. The molecule has 0 heterocycles. The van der Waals surface area contributed by atoms with Crippen LogP contribution in [0.5, 0.6) is 0 Å². The molecule has 2 aromatic rings. The summed E-state index contributed by atoms with van der Waals surface area (Å²) in [6, 6.07) is 13.5. The lowest BCUT2D eigenvalue weighted by molar-refractivity contribution is -0.111. The topological polar surface area (TPSA) is 29.1 Å². The highest BCUT2D eigenvalue weighted by Crippen LogP contribution is 2.09. The van der Waals surface area contributed by atoms with Crippen LogP contribution in [0.1, 0.15) is 11.1 Å². The summed E-state index contributed by atoms with van der Waals surface area (Å²) in [6.07, 6.45) is 3.19. The molecule has 0 bridgehead atoms. The van der Waals surface area contributed by atoms with Crippen LogP contribution in [-0.4, -0.2) is 5.91 Å². The summed E-state index contributed by atoms with van der Waals surface area (Å²) in [7, 11) is 0. The Hall–Kier alpha value is -2.42. The van der Waals surface area contributed by atoms with Crippen LogP contribution in [-0.2, 0) is 4.79 Å². The number of carbonyl (C=O) groups is 1. The maximum absolute atomic E-state index is 12.7. The molecule has 19 heavy (non-hydrogen) atoms. The Bertz CT molecular complexity index is 585. The number of rotatable bonds is 3. The minimum Gasteiger partial charge on any atom is -0.323 e. The van der Waals surface area contributed by atoms with Gasteiger partial charge in [0.1, 0.15) is 5.82 Å². The quantitative estimate of drug-likeness (QED) is 0.831. The summed E-state index contributed by atoms with van der Waals surface area (Å²) in [6.45, 7) is 2.01. The SMILES string of the molecule is Cc1ccc(/C=C/C(=O)Nc2ccc(F)cc2)cc1. The number of nitrogens with one attached hydrogen (secondary N) is 1. The van der Waals surface area contributed by atoms with E-state index in [1.165, 1.54) is 35.9 Å². The van der Waals surface area contributed by atoms with E-state index in [4.69, 9.17) is 0 Å². The third-order valence-electron chi connectivity index (χ3n) is 2.62. The number of halogens is 1. The molecule has 2 aromatic carbocycles. The number of carbonyl (C=O) groups excluding carboxylic acids is 1. The molecular weight excluding hydrogens is 241 g/mol. The Morgan fingerprint density at radius 2 is 1.68 bits per heavy atom. The summed E-state index contributed by atoms with van der Waals surface area (Å²) < 4.78 is 12.7. The third kappa shape index (κ3) is 4.07. The van der Waals surface area contributed by atoms with E-state index < -0.39 is 0 Å². The summed E-state index contributed by atoms with van der Waals surface area (Å²) >= 11 is 0. The predicted molar refractivity (Wildman–Crippen MR) is 75.2 cm³/mol. The predicted octanol–water partition coefficient (Wildman–Crippen LogP) is 3.79. The molecule has 0 radical (unpaired) electrons. The van der Waals surface area contributed by atoms with Gasteiger partial charge in [-0.05, 0) is 42.8 Å². The molecule has 0 unspecified atom stereocenters. The molecule has 0 aliphatic carbocycles. The highest BCUT2D eigenvalue weighted by Gasteiger charge is 1.98. The van der Waals surface area contributed by atoms with Crippen LogP contribution in [0.15, 0.2) is 54.6 Å². The number of aryl methyl sites for hydroxylation is 1. The molecule has 0 spiro atoms. The van der Waals surface area contributed by atoms with Gasteiger partial charge >= 0.3 is 0 Å². The molecule has 0 aromatic heterocycles. The van der Waals surface area contributed by atoms with Gasteiger partial charge in [-0.1, -0.05) is 29.8 Å².